The van der Waals surface area contributed by atoms with Gasteiger partial charge in [-0.15, -0.1) is 0 Å². The predicted molar refractivity (Wildman–Crippen MR) is 79.6 cm³/mol. The molecule has 0 atom stereocenters. The summed E-state index contributed by atoms with van der Waals surface area (Å²) in [4.78, 5) is 15.2. The van der Waals surface area contributed by atoms with Crippen molar-refractivity contribution in [1.29, 1.82) is 0 Å². The minimum absolute atomic E-state index is 0.00496. The summed E-state index contributed by atoms with van der Waals surface area (Å²) in [6, 6.07) is 1.43. The smallest absolute Gasteiger partial charge is 0.244 e. The molecule has 1 rings (SSSR count). The van der Waals surface area contributed by atoms with E-state index < -0.39 is 21.3 Å². The standard InChI is InChI=1S/C11H17BrN4O3S/c1-11(2,10(13)17)6-16-20(18,19)8-4-7(12)5-15-9(8)14-3/h4-5,16H,6H2,1-3H3,(H2,13,17)(H,14,15). The van der Waals surface area contributed by atoms with Crippen LogP contribution < -0.4 is 15.8 Å². The van der Waals surface area contributed by atoms with Crippen LogP contribution in [0.4, 0.5) is 5.82 Å². The van der Waals surface area contributed by atoms with E-state index in [0.29, 0.717) is 4.47 Å². The molecule has 0 aliphatic heterocycles. The maximum absolute atomic E-state index is 12.3. The molecule has 1 aromatic heterocycles. The minimum Gasteiger partial charge on any atom is -0.372 e. The lowest BCUT2D eigenvalue weighted by atomic mass is 9.93. The van der Waals surface area contributed by atoms with Crippen LogP contribution in [0.15, 0.2) is 21.6 Å². The fourth-order valence-corrected chi connectivity index (χ4v) is 3.13. The first kappa shape index (κ1) is 16.9. The summed E-state index contributed by atoms with van der Waals surface area (Å²) < 4.78 is 27.4. The zero-order chi connectivity index (χ0) is 15.6. The van der Waals surface area contributed by atoms with Gasteiger partial charge in [0.15, 0.2) is 0 Å². The molecule has 0 radical (unpaired) electrons. The van der Waals surface area contributed by atoms with Gasteiger partial charge in [-0.1, -0.05) is 0 Å². The average molecular weight is 365 g/mol. The van der Waals surface area contributed by atoms with Crippen molar-refractivity contribution in [1.82, 2.24) is 9.71 Å². The molecule has 0 aromatic carbocycles. The molecule has 0 aliphatic carbocycles. The van der Waals surface area contributed by atoms with Gasteiger partial charge in [0.2, 0.25) is 15.9 Å². The molecule has 0 spiro atoms. The summed E-state index contributed by atoms with van der Waals surface area (Å²) in [5.41, 5.74) is 4.23. The Morgan fingerprint density at radius 3 is 2.60 bits per heavy atom. The summed E-state index contributed by atoms with van der Waals surface area (Å²) >= 11 is 3.18. The van der Waals surface area contributed by atoms with E-state index in [-0.39, 0.29) is 17.3 Å². The Morgan fingerprint density at radius 2 is 2.10 bits per heavy atom. The molecule has 0 saturated carbocycles. The molecule has 112 valence electrons. The highest BCUT2D eigenvalue weighted by Crippen LogP contribution is 2.23. The van der Waals surface area contributed by atoms with E-state index >= 15 is 0 Å². The number of pyridine rings is 1. The van der Waals surface area contributed by atoms with Gasteiger partial charge in [0.05, 0.1) is 5.41 Å². The summed E-state index contributed by atoms with van der Waals surface area (Å²) in [6.45, 7) is 3.03. The number of nitrogens with one attached hydrogen (secondary N) is 2. The Hall–Kier alpha value is -1.19. The van der Waals surface area contributed by atoms with Gasteiger partial charge in [0.25, 0.3) is 0 Å². The number of hydrogen-bond donors (Lipinski definition) is 3. The molecule has 9 heteroatoms. The molecule has 0 bridgehead atoms. The fourth-order valence-electron chi connectivity index (χ4n) is 1.25. The first-order valence-electron chi connectivity index (χ1n) is 5.73. The SMILES string of the molecule is CNc1ncc(Br)cc1S(=O)(=O)NCC(C)(C)C(N)=O. The first-order valence-corrected chi connectivity index (χ1v) is 8.00. The van der Waals surface area contributed by atoms with Crippen LogP contribution in [0.3, 0.4) is 0 Å². The average Bonchev–Trinajstić information content (AvgIpc) is 2.36. The van der Waals surface area contributed by atoms with Gasteiger partial charge < -0.3 is 11.1 Å². The number of nitrogens with two attached hydrogens (primary N) is 1. The second-order valence-electron chi connectivity index (χ2n) is 4.82. The molecular formula is C11H17BrN4O3S. The van der Waals surface area contributed by atoms with E-state index in [4.69, 9.17) is 5.73 Å². The second-order valence-corrected chi connectivity index (χ2v) is 7.47. The topological polar surface area (TPSA) is 114 Å². The number of rotatable bonds is 6. The van der Waals surface area contributed by atoms with E-state index in [2.05, 4.69) is 31.0 Å². The van der Waals surface area contributed by atoms with Crippen molar-refractivity contribution in [2.75, 3.05) is 18.9 Å². The van der Waals surface area contributed by atoms with Crippen molar-refractivity contribution in [2.24, 2.45) is 11.1 Å². The van der Waals surface area contributed by atoms with Crippen LogP contribution in [0, 0.1) is 5.41 Å². The number of anilines is 1. The van der Waals surface area contributed by atoms with Gasteiger partial charge in [0, 0.05) is 24.3 Å². The maximum atomic E-state index is 12.3. The molecule has 4 N–H and O–H groups in total. The number of carbonyl (C=O) groups excluding carboxylic acids is 1. The lowest BCUT2D eigenvalue weighted by Crippen LogP contribution is -2.42. The van der Waals surface area contributed by atoms with Crippen LogP contribution in [0.25, 0.3) is 0 Å². The zero-order valence-electron chi connectivity index (χ0n) is 11.4. The van der Waals surface area contributed by atoms with Gasteiger partial charge in [0.1, 0.15) is 10.7 Å². The Balaban J connectivity index is 3.06. The molecule has 20 heavy (non-hydrogen) atoms. The number of hydrogen-bond acceptors (Lipinski definition) is 5. The largest absolute Gasteiger partial charge is 0.372 e. The summed E-state index contributed by atoms with van der Waals surface area (Å²) in [6.07, 6.45) is 1.48. The van der Waals surface area contributed by atoms with Crippen LogP contribution >= 0.6 is 15.9 Å². The highest BCUT2D eigenvalue weighted by molar-refractivity contribution is 9.10. The molecule has 7 nitrogen and oxygen atoms in total. The molecule has 1 amide bonds. The monoisotopic (exact) mass is 364 g/mol. The van der Waals surface area contributed by atoms with E-state index in [1.807, 2.05) is 0 Å². The Morgan fingerprint density at radius 1 is 1.50 bits per heavy atom. The van der Waals surface area contributed by atoms with E-state index in [1.165, 1.54) is 12.3 Å². The van der Waals surface area contributed by atoms with Crippen molar-refractivity contribution in [3.63, 3.8) is 0 Å². The van der Waals surface area contributed by atoms with E-state index in [1.54, 1.807) is 20.9 Å². The Kier molecular flexibility index (Phi) is 5.11. The van der Waals surface area contributed by atoms with Crippen LogP contribution in [0.1, 0.15) is 13.8 Å². The number of carbonyl (C=O) groups is 1. The second kappa shape index (κ2) is 6.06. The predicted octanol–water partition coefficient (Wildman–Crippen LogP) is 0.676. The maximum Gasteiger partial charge on any atom is 0.244 e. The summed E-state index contributed by atoms with van der Waals surface area (Å²) in [5.74, 6) is -0.362. The van der Waals surface area contributed by atoms with Gasteiger partial charge in [-0.05, 0) is 35.8 Å². The van der Waals surface area contributed by atoms with E-state index in [9.17, 15) is 13.2 Å². The number of primary amides is 1. The van der Waals surface area contributed by atoms with Crippen LogP contribution in [-0.4, -0.2) is 32.9 Å². The third-order valence-corrected chi connectivity index (χ3v) is 4.57. The third kappa shape index (κ3) is 3.90. The number of aromatic nitrogens is 1. The highest BCUT2D eigenvalue weighted by atomic mass is 79.9. The summed E-state index contributed by atoms with van der Waals surface area (Å²) in [7, 11) is -2.23. The number of nitrogens with zero attached hydrogens (tertiary/aromatic N) is 1. The van der Waals surface area contributed by atoms with Gasteiger partial charge in [-0.25, -0.2) is 18.1 Å². The quantitative estimate of drug-likeness (QED) is 0.686. The third-order valence-electron chi connectivity index (χ3n) is 2.72. The molecule has 0 saturated heterocycles. The van der Waals surface area contributed by atoms with Crippen molar-refractivity contribution in [3.05, 3.63) is 16.7 Å². The number of sulfonamides is 1. The minimum atomic E-state index is -3.81. The van der Waals surface area contributed by atoms with Crippen LogP contribution in [0.5, 0.6) is 0 Å². The molecule has 1 aromatic rings. The molecule has 0 aliphatic rings. The molecular weight excluding hydrogens is 348 g/mol. The van der Waals surface area contributed by atoms with Crippen LogP contribution in [0.2, 0.25) is 0 Å². The highest BCUT2D eigenvalue weighted by Gasteiger charge is 2.28. The van der Waals surface area contributed by atoms with Crippen molar-refractivity contribution in [2.45, 2.75) is 18.7 Å². The molecule has 0 unspecified atom stereocenters. The van der Waals surface area contributed by atoms with Gasteiger partial charge >= 0.3 is 0 Å². The lowest BCUT2D eigenvalue weighted by Gasteiger charge is -2.21. The Labute approximate surface area is 126 Å². The normalized spacial score (nSPS) is 12.2. The first-order chi connectivity index (χ1) is 9.10. The van der Waals surface area contributed by atoms with Crippen molar-refractivity contribution < 1.29 is 13.2 Å². The van der Waals surface area contributed by atoms with Crippen molar-refractivity contribution in [3.8, 4) is 0 Å². The van der Waals surface area contributed by atoms with E-state index in [0.717, 1.165) is 0 Å². The number of halogens is 1. The molecule has 1 heterocycles. The van der Waals surface area contributed by atoms with Crippen molar-refractivity contribution >= 4 is 37.7 Å². The lowest BCUT2D eigenvalue weighted by molar-refractivity contribution is -0.125. The van der Waals surface area contributed by atoms with Crippen LogP contribution in [-0.2, 0) is 14.8 Å². The Bertz CT molecular complexity index is 616. The van der Waals surface area contributed by atoms with Gasteiger partial charge in [-0.3, -0.25) is 4.79 Å². The zero-order valence-corrected chi connectivity index (χ0v) is 13.8. The number of amides is 1. The van der Waals surface area contributed by atoms with Gasteiger partial charge in [-0.2, -0.15) is 0 Å². The molecule has 0 fully saturated rings. The fraction of sp³-hybridized carbons (Fsp3) is 0.455. The summed E-state index contributed by atoms with van der Waals surface area (Å²) in [5, 5.41) is 2.71.